The lowest BCUT2D eigenvalue weighted by molar-refractivity contribution is 0.372. The van der Waals surface area contributed by atoms with Gasteiger partial charge in [0.2, 0.25) is 10.0 Å². The Balaban J connectivity index is 2.02. The molecule has 0 spiro atoms. The summed E-state index contributed by atoms with van der Waals surface area (Å²) in [7, 11) is -3.41. The van der Waals surface area contributed by atoms with Crippen LogP contribution in [0.2, 0.25) is 0 Å². The van der Waals surface area contributed by atoms with Crippen LogP contribution in [0.4, 0.5) is 5.69 Å². The molecule has 0 aromatic heterocycles. The van der Waals surface area contributed by atoms with Crippen molar-refractivity contribution in [3.05, 3.63) is 24.3 Å². The summed E-state index contributed by atoms with van der Waals surface area (Å²) >= 11 is 0. The van der Waals surface area contributed by atoms with Gasteiger partial charge in [-0.3, -0.25) is 0 Å². The molecule has 0 amide bonds. The molecular formula is C16H26N2O2S. The highest BCUT2D eigenvalue weighted by atomic mass is 32.2. The van der Waals surface area contributed by atoms with Crippen molar-refractivity contribution in [2.24, 2.45) is 5.41 Å². The second-order valence-electron chi connectivity index (χ2n) is 6.68. The SMILES string of the molecule is CCCNc1ccc(S(=O)(=O)NC2CCC(C)(C)C2)cc1. The largest absolute Gasteiger partial charge is 0.385 e. The van der Waals surface area contributed by atoms with Crippen LogP contribution >= 0.6 is 0 Å². The number of rotatable bonds is 6. The first-order chi connectivity index (χ1) is 9.82. The van der Waals surface area contributed by atoms with Crippen LogP contribution in [0.3, 0.4) is 0 Å². The Labute approximate surface area is 128 Å². The summed E-state index contributed by atoms with van der Waals surface area (Å²) in [6.07, 6.45) is 3.93. The van der Waals surface area contributed by atoms with E-state index in [4.69, 9.17) is 0 Å². The average Bonchev–Trinajstić information content (AvgIpc) is 2.75. The van der Waals surface area contributed by atoms with Gasteiger partial charge >= 0.3 is 0 Å². The molecule has 1 fully saturated rings. The van der Waals surface area contributed by atoms with Crippen LogP contribution in [0, 0.1) is 5.41 Å². The van der Waals surface area contributed by atoms with Gasteiger partial charge in [-0.25, -0.2) is 13.1 Å². The molecule has 1 aromatic carbocycles. The first-order valence-corrected chi connectivity index (χ1v) is 9.17. The smallest absolute Gasteiger partial charge is 0.240 e. The lowest BCUT2D eigenvalue weighted by Gasteiger charge is -2.18. The van der Waals surface area contributed by atoms with Crippen LogP contribution < -0.4 is 10.0 Å². The number of hydrogen-bond acceptors (Lipinski definition) is 3. The quantitative estimate of drug-likeness (QED) is 0.847. The number of nitrogens with one attached hydrogen (secondary N) is 2. The molecule has 1 aromatic rings. The number of sulfonamides is 1. The maximum Gasteiger partial charge on any atom is 0.240 e. The third-order valence-electron chi connectivity index (χ3n) is 4.03. The highest BCUT2D eigenvalue weighted by Gasteiger charge is 2.33. The average molecular weight is 310 g/mol. The van der Waals surface area contributed by atoms with Crippen LogP contribution in [-0.4, -0.2) is 21.0 Å². The van der Waals surface area contributed by atoms with E-state index in [2.05, 4.69) is 30.8 Å². The van der Waals surface area contributed by atoms with Gasteiger partial charge in [-0.05, 0) is 55.4 Å². The Morgan fingerprint density at radius 3 is 2.43 bits per heavy atom. The summed E-state index contributed by atoms with van der Waals surface area (Å²) in [5.41, 5.74) is 1.19. The van der Waals surface area contributed by atoms with Crippen LogP contribution in [0.25, 0.3) is 0 Å². The fourth-order valence-electron chi connectivity index (χ4n) is 2.85. The minimum Gasteiger partial charge on any atom is -0.385 e. The van der Waals surface area contributed by atoms with E-state index in [0.29, 0.717) is 4.90 Å². The van der Waals surface area contributed by atoms with Gasteiger partial charge in [0.25, 0.3) is 0 Å². The summed E-state index contributed by atoms with van der Waals surface area (Å²) in [6, 6.07) is 7.04. The van der Waals surface area contributed by atoms with Gasteiger partial charge in [-0.2, -0.15) is 0 Å². The van der Waals surface area contributed by atoms with Crippen molar-refractivity contribution in [1.29, 1.82) is 0 Å². The molecule has 1 atom stereocenters. The summed E-state index contributed by atoms with van der Waals surface area (Å²) in [5.74, 6) is 0. The Hall–Kier alpha value is -1.07. The van der Waals surface area contributed by atoms with Gasteiger partial charge in [0.05, 0.1) is 4.90 Å². The van der Waals surface area contributed by atoms with E-state index < -0.39 is 10.0 Å². The molecule has 21 heavy (non-hydrogen) atoms. The van der Waals surface area contributed by atoms with Gasteiger partial charge in [0, 0.05) is 18.3 Å². The molecule has 0 heterocycles. The zero-order valence-electron chi connectivity index (χ0n) is 13.1. The Bertz CT molecular complexity index is 564. The molecule has 1 saturated carbocycles. The number of anilines is 1. The Morgan fingerprint density at radius 1 is 1.24 bits per heavy atom. The summed E-state index contributed by atoms with van der Waals surface area (Å²) in [5, 5.41) is 3.24. The lowest BCUT2D eigenvalue weighted by Crippen LogP contribution is -2.33. The predicted molar refractivity (Wildman–Crippen MR) is 87.0 cm³/mol. The minimum atomic E-state index is -3.41. The molecule has 0 radical (unpaired) electrons. The Morgan fingerprint density at radius 2 is 1.90 bits per heavy atom. The van der Waals surface area contributed by atoms with Crippen molar-refractivity contribution in [1.82, 2.24) is 4.72 Å². The second-order valence-corrected chi connectivity index (χ2v) is 8.39. The lowest BCUT2D eigenvalue weighted by atomic mass is 9.92. The summed E-state index contributed by atoms with van der Waals surface area (Å²) in [4.78, 5) is 0.342. The second kappa shape index (κ2) is 6.36. The van der Waals surface area contributed by atoms with E-state index in [0.717, 1.165) is 37.9 Å². The normalized spacial score (nSPS) is 21.4. The summed E-state index contributed by atoms with van der Waals surface area (Å²) < 4.78 is 27.6. The first-order valence-electron chi connectivity index (χ1n) is 7.69. The molecule has 2 N–H and O–H groups in total. The van der Waals surface area contributed by atoms with Gasteiger partial charge in [-0.1, -0.05) is 20.8 Å². The third kappa shape index (κ3) is 4.45. The molecule has 2 rings (SSSR count). The standard InChI is InChI=1S/C16H26N2O2S/c1-4-11-17-13-5-7-15(8-6-13)21(19,20)18-14-9-10-16(2,3)12-14/h5-8,14,17-18H,4,9-12H2,1-3H3. The fraction of sp³-hybridized carbons (Fsp3) is 0.625. The van der Waals surface area contributed by atoms with Crippen molar-refractivity contribution in [2.45, 2.75) is 57.4 Å². The zero-order valence-corrected chi connectivity index (χ0v) is 14.0. The van der Waals surface area contributed by atoms with Crippen LogP contribution in [0.1, 0.15) is 46.5 Å². The molecule has 1 aliphatic carbocycles. The van der Waals surface area contributed by atoms with Gasteiger partial charge in [-0.15, -0.1) is 0 Å². The maximum absolute atomic E-state index is 12.4. The molecule has 5 heteroatoms. The Kier molecular flexibility index (Phi) is 4.94. The van der Waals surface area contributed by atoms with E-state index in [1.165, 1.54) is 0 Å². The molecule has 1 aliphatic rings. The minimum absolute atomic E-state index is 0.0582. The van der Waals surface area contributed by atoms with Crippen molar-refractivity contribution in [3.63, 3.8) is 0 Å². The van der Waals surface area contributed by atoms with Gasteiger partial charge in [0.15, 0.2) is 0 Å². The molecule has 4 nitrogen and oxygen atoms in total. The van der Waals surface area contributed by atoms with Crippen LogP contribution in [0.15, 0.2) is 29.2 Å². The highest BCUT2D eigenvalue weighted by Crippen LogP contribution is 2.37. The van der Waals surface area contributed by atoms with E-state index in [1.54, 1.807) is 12.1 Å². The molecule has 0 aliphatic heterocycles. The van der Waals surface area contributed by atoms with Crippen LogP contribution in [-0.2, 0) is 10.0 Å². The van der Waals surface area contributed by atoms with Crippen LogP contribution in [0.5, 0.6) is 0 Å². The third-order valence-corrected chi connectivity index (χ3v) is 5.57. The molecule has 1 unspecified atom stereocenters. The molecule has 118 valence electrons. The summed E-state index contributed by atoms with van der Waals surface area (Å²) in [6.45, 7) is 7.37. The monoisotopic (exact) mass is 310 g/mol. The maximum atomic E-state index is 12.4. The van der Waals surface area contributed by atoms with Gasteiger partial charge < -0.3 is 5.32 Å². The molecule has 0 saturated heterocycles. The van der Waals surface area contributed by atoms with E-state index in [-0.39, 0.29) is 11.5 Å². The predicted octanol–water partition coefficient (Wildman–Crippen LogP) is 3.37. The van der Waals surface area contributed by atoms with Crippen molar-refractivity contribution >= 4 is 15.7 Å². The molecule has 0 bridgehead atoms. The van der Waals surface area contributed by atoms with Crippen molar-refractivity contribution < 1.29 is 8.42 Å². The van der Waals surface area contributed by atoms with E-state index in [9.17, 15) is 8.42 Å². The fourth-order valence-corrected chi connectivity index (χ4v) is 4.12. The molecular weight excluding hydrogens is 284 g/mol. The van der Waals surface area contributed by atoms with Crippen molar-refractivity contribution in [3.8, 4) is 0 Å². The number of benzene rings is 1. The highest BCUT2D eigenvalue weighted by molar-refractivity contribution is 7.89. The zero-order chi connectivity index (χ0) is 15.5. The van der Waals surface area contributed by atoms with E-state index in [1.807, 2.05) is 12.1 Å². The van der Waals surface area contributed by atoms with E-state index >= 15 is 0 Å². The van der Waals surface area contributed by atoms with Gasteiger partial charge in [0.1, 0.15) is 0 Å². The van der Waals surface area contributed by atoms with Crippen molar-refractivity contribution in [2.75, 3.05) is 11.9 Å². The number of hydrogen-bond donors (Lipinski definition) is 2. The topological polar surface area (TPSA) is 58.2 Å². The first kappa shape index (κ1) is 16.3.